The Kier molecular flexibility index (Phi) is 6.40. The van der Waals surface area contributed by atoms with Gasteiger partial charge in [-0.15, -0.1) is 0 Å². The topological polar surface area (TPSA) is 75.4 Å². The Bertz CT molecular complexity index is 1010. The number of halogens is 1. The summed E-state index contributed by atoms with van der Waals surface area (Å²) in [5.74, 6) is -0.837. The average Bonchev–Trinajstić information content (AvgIpc) is 3.35. The van der Waals surface area contributed by atoms with Gasteiger partial charge in [-0.1, -0.05) is 18.2 Å². The van der Waals surface area contributed by atoms with Gasteiger partial charge in [-0.05, 0) is 60.7 Å². The van der Waals surface area contributed by atoms with E-state index in [1.54, 1.807) is 36.7 Å². The van der Waals surface area contributed by atoms with Gasteiger partial charge in [0.25, 0.3) is 5.91 Å². The first-order valence-corrected chi connectivity index (χ1v) is 10.4. The summed E-state index contributed by atoms with van der Waals surface area (Å²) in [4.78, 5) is 32.3. The van der Waals surface area contributed by atoms with Crippen LogP contribution in [-0.2, 0) is 11.2 Å². The highest BCUT2D eigenvalue weighted by Crippen LogP contribution is 2.31. The molecule has 0 bridgehead atoms. The van der Waals surface area contributed by atoms with Crippen molar-refractivity contribution in [2.75, 3.05) is 6.54 Å². The van der Waals surface area contributed by atoms with Crippen LogP contribution in [0.1, 0.15) is 47.0 Å². The molecular weight excluding hydrogens is 397 g/mol. The number of nitrogens with zero attached hydrogens (tertiary/aromatic N) is 2. The molecule has 2 aromatic heterocycles. The van der Waals surface area contributed by atoms with Gasteiger partial charge in [0.05, 0.1) is 12.3 Å². The van der Waals surface area contributed by atoms with Gasteiger partial charge < -0.3 is 14.6 Å². The van der Waals surface area contributed by atoms with Crippen LogP contribution in [0.5, 0.6) is 0 Å². The summed E-state index contributed by atoms with van der Waals surface area (Å²) in [5.41, 5.74) is 1.74. The first-order valence-electron chi connectivity index (χ1n) is 10.4. The summed E-state index contributed by atoms with van der Waals surface area (Å²) >= 11 is 0. The van der Waals surface area contributed by atoms with Gasteiger partial charge in [0.1, 0.15) is 11.9 Å². The minimum Gasteiger partial charge on any atom is -0.459 e. The van der Waals surface area contributed by atoms with E-state index in [0.717, 1.165) is 30.4 Å². The second-order valence-electron chi connectivity index (χ2n) is 7.66. The molecule has 1 saturated heterocycles. The van der Waals surface area contributed by atoms with Crippen molar-refractivity contribution in [3.63, 3.8) is 0 Å². The third-order valence-electron chi connectivity index (χ3n) is 5.56. The molecule has 0 unspecified atom stereocenters. The summed E-state index contributed by atoms with van der Waals surface area (Å²) < 4.78 is 18.5. The van der Waals surface area contributed by atoms with Crippen molar-refractivity contribution < 1.29 is 18.4 Å². The number of carbonyl (C=O) groups is 2. The third kappa shape index (κ3) is 4.99. The molecule has 0 radical (unpaired) electrons. The van der Waals surface area contributed by atoms with E-state index < -0.39 is 11.9 Å². The van der Waals surface area contributed by atoms with Crippen LogP contribution in [0.4, 0.5) is 4.39 Å². The van der Waals surface area contributed by atoms with Crippen LogP contribution in [-0.4, -0.2) is 34.3 Å². The van der Waals surface area contributed by atoms with Crippen molar-refractivity contribution in [1.29, 1.82) is 0 Å². The van der Waals surface area contributed by atoms with Crippen LogP contribution in [0.2, 0.25) is 0 Å². The normalized spacial score (nSPS) is 17.2. The molecule has 2 amide bonds. The fourth-order valence-corrected chi connectivity index (χ4v) is 4.01. The predicted molar refractivity (Wildman–Crippen MR) is 113 cm³/mol. The number of piperidine rings is 1. The second-order valence-corrected chi connectivity index (χ2v) is 7.66. The Hall–Kier alpha value is -3.48. The number of hydrogen-bond acceptors (Lipinski definition) is 4. The van der Waals surface area contributed by atoms with E-state index in [9.17, 15) is 14.0 Å². The SMILES string of the molecule is O=C(N[C@@H](Cc1ccc(F)cc1)C(=O)N1CCCC[C@@H]1c1cccnc1)c1ccco1. The largest absolute Gasteiger partial charge is 0.459 e. The number of rotatable bonds is 6. The van der Waals surface area contributed by atoms with Crippen molar-refractivity contribution in [2.24, 2.45) is 0 Å². The van der Waals surface area contributed by atoms with Crippen LogP contribution >= 0.6 is 0 Å². The number of pyridine rings is 1. The molecule has 1 fully saturated rings. The van der Waals surface area contributed by atoms with Gasteiger partial charge in [-0.25, -0.2) is 4.39 Å². The van der Waals surface area contributed by atoms with Crippen LogP contribution in [0, 0.1) is 5.82 Å². The highest BCUT2D eigenvalue weighted by atomic mass is 19.1. The van der Waals surface area contributed by atoms with Gasteiger partial charge in [-0.2, -0.15) is 0 Å². The van der Waals surface area contributed by atoms with Crippen molar-refractivity contribution in [1.82, 2.24) is 15.2 Å². The van der Waals surface area contributed by atoms with Gasteiger partial charge >= 0.3 is 0 Å². The van der Waals surface area contributed by atoms with Crippen molar-refractivity contribution >= 4 is 11.8 Å². The molecule has 3 aromatic rings. The third-order valence-corrected chi connectivity index (χ3v) is 5.56. The zero-order valence-electron chi connectivity index (χ0n) is 17.0. The van der Waals surface area contributed by atoms with Gasteiger partial charge in [0.15, 0.2) is 5.76 Å². The van der Waals surface area contributed by atoms with Crippen LogP contribution in [0.3, 0.4) is 0 Å². The number of benzene rings is 1. The van der Waals surface area contributed by atoms with Crippen molar-refractivity contribution in [2.45, 2.75) is 37.8 Å². The Morgan fingerprint density at radius 1 is 1.16 bits per heavy atom. The quantitative estimate of drug-likeness (QED) is 0.655. The lowest BCUT2D eigenvalue weighted by molar-refractivity contribution is -0.137. The van der Waals surface area contributed by atoms with Gasteiger partial charge in [0.2, 0.25) is 5.91 Å². The monoisotopic (exact) mass is 421 g/mol. The minimum absolute atomic E-state index is 0.0915. The van der Waals surface area contributed by atoms with Crippen LogP contribution in [0.15, 0.2) is 71.6 Å². The molecule has 1 aromatic carbocycles. The van der Waals surface area contributed by atoms with E-state index >= 15 is 0 Å². The molecule has 3 heterocycles. The summed E-state index contributed by atoms with van der Waals surface area (Å²) in [7, 11) is 0. The van der Waals surface area contributed by atoms with Gasteiger partial charge in [0, 0.05) is 25.4 Å². The lowest BCUT2D eigenvalue weighted by Crippen LogP contribution is -2.51. The highest BCUT2D eigenvalue weighted by Gasteiger charge is 2.34. The van der Waals surface area contributed by atoms with E-state index in [4.69, 9.17) is 4.42 Å². The predicted octanol–water partition coefficient (Wildman–Crippen LogP) is 3.91. The zero-order valence-corrected chi connectivity index (χ0v) is 17.0. The Morgan fingerprint density at radius 3 is 2.71 bits per heavy atom. The maximum atomic E-state index is 13.6. The minimum atomic E-state index is -0.805. The molecule has 2 atom stereocenters. The number of carbonyl (C=O) groups excluding carboxylic acids is 2. The summed E-state index contributed by atoms with van der Waals surface area (Å²) in [6, 6.07) is 12.1. The van der Waals surface area contributed by atoms with E-state index in [1.165, 1.54) is 18.4 Å². The molecule has 160 valence electrons. The number of nitrogens with one attached hydrogen (secondary N) is 1. The molecule has 1 aliphatic heterocycles. The average molecular weight is 421 g/mol. The summed E-state index contributed by atoms with van der Waals surface area (Å²) in [6.45, 7) is 0.606. The Morgan fingerprint density at radius 2 is 2.00 bits per heavy atom. The lowest BCUT2D eigenvalue weighted by atomic mass is 9.94. The van der Waals surface area contributed by atoms with Crippen molar-refractivity contribution in [3.05, 3.63) is 89.9 Å². The number of amides is 2. The first-order chi connectivity index (χ1) is 15.1. The fraction of sp³-hybridized carbons (Fsp3) is 0.292. The van der Waals surface area contributed by atoms with Crippen LogP contribution < -0.4 is 5.32 Å². The van der Waals surface area contributed by atoms with Gasteiger partial charge in [-0.3, -0.25) is 14.6 Å². The molecule has 1 N–H and O–H groups in total. The van der Waals surface area contributed by atoms with E-state index in [-0.39, 0.29) is 29.9 Å². The number of furan rings is 1. The van der Waals surface area contributed by atoms with E-state index in [2.05, 4.69) is 10.3 Å². The molecule has 0 saturated carbocycles. The summed E-state index contributed by atoms with van der Waals surface area (Å²) in [6.07, 6.45) is 7.91. The van der Waals surface area contributed by atoms with E-state index in [1.807, 2.05) is 17.0 Å². The maximum absolute atomic E-state index is 13.6. The zero-order chi connectivity index (χ0) is 21.6. The first kappa shape index (κ1) is 20.8. The Balaban J connectivity index is 1.59. The summed E-state index contributed by atoms with van der Waals surface area (Å²) in [5, 5.41) is 2.82. The molecule has 31 heavy (non-hydrogen) atoms. The lowest BCUT2D eigenvalue weighted by Gasteiger charge is -2.38. The molecule has 1 aliphatic rings. The molecule has 6 nitrogen and oxygen atoms in total. The second kappa shape index (κ2) is 9.55. The number of likely N-dealkylation sites (tertiary alicyclic amines) is 1. The molecule has 7 heteroatoms. The number of aromatic nitrogens is 1. The number of hydrogen-bond donors (Lipinski definition) is 1. The molecule has 4 rings (SSSR count). The maximum Gasteiger partial charge on any atom is 0.287 e. The molecule has 0 spiro atoms. The molecular formula is C24H24FN3O3. The smallest absolute Gasteiger partial charge is 0.287 e. The van der Waals surface area contributed by atoms with Crippen molar-refractivity contribution in [3.8, 4) is 0 Å². The van der Waals surface area contributed by atoms with Crippen LogP contribution in [0.25, 0.3) is 0 Å². The highest BCUT2D eigenvalue weighted by molar-refractivity contribution is 5.95. The van der Waals surface area contributed by atoms with E-state index in [0.29, 0.717) is 6.54 Å². The standard InChI is InChI=1S/C24H24FN3O3/c25-19-10-8-17(9-11-19)15-20(27-23(29)22-7-4-14-31-22)24(30)28-13-2-1-6-21(28)18-5-3-12-26-16-18/h3-5,7-12,14,16,20-21H,1-2,6,13,15H2,(H,27,29)/t20-,21+/m0/s1. The molecule has 0 aliphatic carbocycles. The fourth-order valence-electron chi connectivity index (χ4n) is 4.01. The Labute approximate surface area is 180 Å².